The van der Waals surface area contributed by atoms with E-state index in [0.717, 1.165) is 32.1 Å². The van der Waals surface area contributed by atoms with Crippen LogP contribution in [0.4, 0.5) is 0 Å². The van der Waals surface area contributed by atoms with Crippen molar-refractivity contribution in [3.05, 3.63) is 0 Å². The smallest absolute Gasteiger partial charge is 0.0469 e. The lowest BCUT2D eigenvalue weighted by atomic mass is 10.00. The Morgan fingerprint density at radius 2 is 1.72 bits per heavy atom. The number of hydrogen-bond donors (Lipinski definition) is 1. The van der Waals surface area contributed by atoms with Gasteiger partial charge >= 0.3 is 0 Å². The molecule has 18 heavy (non-hydrogen) atoms. The molecule has 2 N–H and O–H groups in total. The van der Waals surface area contributed by atoms with Crippen LogP contribution in [0.5, 0.6) is 0 Å². The van der Waals surface area contributed by atoms with Gasteiger partial charge in [-0.1, -0.05) is 0 Å². The van der Waals surface area contributed by atoms with Crippen molar-refractivity contribution in [2.45, 2.75) is 25.7 Å². The first-order chi connectivity index (χ1) is 8.88. The van der Waals surface area contributed by atoms with Crippen LogP contribution < -0.4 is 5.73 Å². The second kappa shape index (κ2) is 8.10. The van der Waals surface area contributed by atoms with Crippen molar-refractivity contribution in [3.63, 3.8) is 0 Å². The van der Waals surface area contributed by atoms with Crippen LogP contribution in [0.1, 0.15) is 25.7 Å². The van der Waals surface area contributed by atoms with Crippen molar-refractivity contribution < 1.29 is 4.74 Å². The van der Waals surface area contributed by atoms with Crippen LogP contribution in [0.3, 0.4) is 0 Å². The zero-order valence-corrected chi connectivity index (χ0v) is 11.6. The first-order valence-electron chi connectivity index (χ1n) is 7.61. The zero-order valence-electron chi connectivity index (χ0n) is 11.6. The Morgan fingerprint density at radius 1 is 1.00 bits per heavy atom. The van der Waals surface area contributed by atoms with Crippen molar-refractivity contribution in [3.8, 4) is 0 Å². The summed E-state index contributed by atoms with van der Waals surface area (Å²) < 4.78 is 5.44. The largest absolute Gasteiger partial charge is 0.381 e. The zero-order chi connectivity index (χ0) is 12.6. The molecule has 0 aromatic carbocycles. The third-order valence-corrected chi connectivity index (χ3v) is 4.22. The molecule has 0 atom stereocenters. The van der Waals surface area contributed by atoms with Crippen molar-refractivity contribution in [2.24, 2.45) is 11.7 Å². The van der Waals surface area contributed by atoms with Gasteiger partial charge in [-0.05, 0) is 57.8 Å². The molecular weight excluding hydrogens is 226 g/mol. The minimum atomic E-state index is 0.822. The SMILES string of the molecule is NCCCN1CCCN(CC2CCOCC2)CC1. The van der Waals surface area contributed by atoms with Gasteiger partial charge in [0.05, 0.1) is 0 Å². The molecule has 4 nitrogen and oxygen atoms in total. The summed E-state index contributed by atoms with van der Waals surface area (Å²) in [6.07, 6.45) is 4.97. The molecule has 2 aliphatic rings. The maximum atomic E-state index is 5.59. The fourth-order valence-corrected chi connectivity index (χ4v) is 3.04. The molecule has 106 valence electrons. The monoisotopic (exact) mass is 255 g/mol. The van der Waals surface area contributed by atoms with E-state index in [2.05, 4.69) is 9.80 Å². The third kappa shape index (κ3) is 4.84. The molecule has 0 aromatic rings. The van der Waals surface area contributed by atoms with Gasteiger partial charge in [-0.15, -0.1) is 0 Å². The van der Waals surface area contributed by atoms with Gasteiger partial charge < -0.3 is 20.3 Å². The van der Waals surface area contributed by atoms with Crippen LogP contribution in [0, 0.1) is 5.92 Å². The third-order valence-electron chi connectivity index (χ3n) is 4.22. The fourth-order valence-electron chi connectivity index (χ4n) is 3.04. The highest BCUT2D eigenvalue weighted by molar-refractivity contribution is 4.74. The molecule has 0 amide bonds. The van der Waals surface area contributed by atoms with Crippen molar-refractivity contribution in [1.29, 1.82) is 0 Å². The molecule has 0 radical (unpaired) electrons. The molecule has 2 rings (SSSR count). The van der Waals surface area contributed by atoms with Gasteiger partial charge in [0, 0.05) is 32.8 Å². The summed E-state index contributed by atoms with van der Waals surface area (Å²) in [5.74, 6) is 0.870. The van der Waals surface area contributed by atoms with Gasteiger partial charge in [-0.25, -0.2) is 0 Å². The Kier molecular flexibility index (Phi) is 6.41. The summed E-state index contributed by atoms with van der Waals surface area (Å²) in [6.45, 7) is 10.2. The van der Waals surface area contributed by atoms with E-state index in [9.17, 15) is 0 Å². The summed E-state index contributed by atoms with van der Waals surface area (Å²) in [5, 5.41) is 0. The molecule has 2 fully saturated rings. The molecule has 0 unspecified atom stereocenters. The van der Waals surface area contributed by atoms with Crippen LogP contribution >= 0.6 is 0 Å². The Hall–Kier alpha value is -0.160. The van der Waals surface area contributed by atoms with Crippen LogP contribution in [0.25, 0.3) is 0 Å². The quantitative estimate of drug-likeness (QED) is 0.788. The number of rotatable bonds is 5. The Balaban J connectivity index is 1.67. The van der Waals surface area contributed by atoms with Crippen LogP contribution in [-0.4, -0.2) is 68.8 Å². The van der Waals surface area contributed by atoms with Crippen molar-refractivity contribution in [2.75, 3.05) is 59.0 Å². The van der Waals surface area contributed by atoms with Gasteiger partial charge in [-0.3, -0.25) is 0 Å². The van der Waals surface area contributed by atoms with Crippen molar-refractivity contribution in [1.82, 2.24) is 9.80 Å². The number of nitrogens with zero attached hydrogens (tertiary/aromatic N) is 2. The van der Waals surface area contributed by atoms with E-state index in [1.54, 1.807) is 0 Å². The lowest BCUT2D eigenvalue weighted by Gasteiger charge is -2.29. The topological polar surface area (TPSA) is 41.7 Å². The molecule has 0 aromatic heterocycles. The van der Waals surface area contributed by atoms with Crippen LogP contribution in [0.2, 0.25) is 0 Å². The fraction of sp³-hybridized carbons (Fsp3) is 1.00. The standard InChI is InChI=1S/C14H29N3O/c15-5-1-6-16-7-2-8-17(10-9-16)13-14-3-11-18-12-4-14/h14H,1-13,15H2. The highest BCUT2D eigenvalue weighted by Crippen LogP contribution is 2.17. The van der Waals surface area contributed by atoms with E-state index >= 15 is 0 Å². The first kappa shape index (κ1) is 14.3. The number of hydrogen-bond acceptors (Lipinski definition) is 4. The van der Waals surface area contributed by atoms with E-state index in [0.29, 0.717) is 0 Å². The Labute approximate surface area is 111 Å². The van der Waals surface area contributed by atoms with Gasteiger partial charge in [0.15, 0.2) is 0 Å². The summed E-state index contributed by atoms with van der Waals surface area (Å²) >= 11 is 0. The Morgan fingerprint density at radius 3 is 2.50 bits per heavy atom. The van der Waals surface area contributed by atoms with Gasteiger partial charge in [0.2, 0.25) is 0 Å². The predicted molar refractivity (Wildman–Crippen MR) is 74.7 cm³/mol. The molecule has 0 bridgehead atoms. The molecule has 0 saturated carbocycles. The molecular formula is C14H29N3O. The van der Waals surface area contributed by atoms with E-state index in [1.807, 2.05) is 0 Å². The highest BCUT2D eigenvalue weighted by Gasteiger charge is 2.20. The maximum Gasteiger partial charge on any atom is 0.0469 e. The van der Waals surface area contributed by atoms with Gasteiger partial charge in [0.25, 0.3) is 0 Å². The van der Waals surface area contributed by atoms with Crippen LogP contribution in [0.15, 0.2) is 0 Å². The minimum absolute atomic E-state index is 0.822. The first-order valence-corrected chi connectivity index (χ1v) is 7.61. The van der Waals surface area contributed by atoms with Crippen molar-refractivity contribution >= 4 is 0 Å². The molecule has 4 heteroatoms. The molecule has 2 aliphatic heterocycles. The number of ether oxygens (including phenoxy) is 1. The maximum absolute atomic E-state index is 5.59. The van der Waals surface area contributed by atoms with E-state index in [4.69, 9.17) is 10.5 Å². The summed E-state index contributed by atoms with van der Waals surface area (Å²) in [5.41, 5.74) is 5.59. The second-order valence-corrected chi connectivity index (χ2v) is 5.69. The predicted octanol–water partition coefficient (Wildman–Crippen LogP) is 0.770. The molecule has 2 saturated heterocycles. The molecule has 0 aliphatic carbocycles. The summed E-state index contributed by atoms with van der Waals surface area (Å²) in [4.78, 5) is 5.25. The average molecular weight is 255 g/mol. The van der Waals surface area contributed by atoms with E-state index in [1.165, 1.54) is 58.5 Å². The lowest BCUT2D eigenvalue weighted by Crippen LogP contribution is -2.36. The molecule has 0 spiro atoms. The van der Waals surface area contributed by atoms with Gasteiger partial charge in [-0.2, -0.15) is 0 Å². The number of nitrogens with two attached hydrogens (primary N) is 1. The van der Waals surface area contributed by atoms with E-state index in [-0.39, 0.29) is 0 Å². The summed E-state index contributed by atoms with van der Waals surface area (Å²) in [6, 6.07) is 0. The summed E-state index contributed by atoms with van der Waals surface area (Å²) in [7, 11) is 0. The minimum Gasteiger partial charge on any atom is -0.381 e. The van der Waals surface area contributed by atoms with Gasteiger partial charge in [0.1, 0.15) is 0 Å². The average Bonchev–Trinajstić information content (AvgIpc) is 2.63. The lowest BCUT2D eigenvalue weighted by molar-refractivity contribution is 0.0530. The normalized spacial score (nSPS) is 25.2. The highest BCUT2D eigenvalue weighted by atomic mass is 16.5. The second-order valence-electron chi connectivity index (χ2n) is 5.69. The Bertz CT molecular complexity index is 219. The van der Waals surface area contributed by atoms with E-state index < -0.39 is 0 Å². The van der Waals surface area contributed by atoms with Crippen LogP contribution in [-0.2, 0) is 4.74 Å². The molecule has 2 heterocycles.